The van der Waals surface area contributed by atoms with Crippen molar-refractivity contribution >= 4 is 28.7 Å². The lowest BCUT2D eigenvalue weighted by Gasteiger charge is -2.46. The van der Waals surface area contributed by atoms with Crippen LogP contribution in [0.1, 0.15) is 66.0 Å². The molecule has 6 rings (SSSR count). The van der Waals surface area contributed by atoms with Gasteiger partial charge in [-0.2, -0.15) is 0 Å². The van der Waals surface area contributed by atoms with Crippen LogP contribution in [0, 0.1) is 18.2 Å². The zero-order valence-electron chi connectivity index (χ0n) is 24.4. The fourth-order valence-electron chi connectivity index (χ4n) is 6.00. The summed E-state index contributed by atoms with van der Waals surface area (Å²) in [5.41, 5.74) is -0.911. The molecule has 42 heavy (non-hydrogen) atoms. The lowest BCUT2D eigenvalue weighted by atomic mass is 9.68. The normalized spacial score (nSPS) is 23.5. The largest absolute Gasteiger partial charge is 0.347 e. The predicted molar refractivity (Wildman–Crippen MR) is 154 cm³/mol. The lowest BCUT2D eigenvalue weighted by molar-refractivity contribution is -0.155. The SMILES string of the molecule is Cc1cc(CNC(=O)c2cc(=O)n3c(n2)C2(N(C)C(=O)C(=O)N(C)C)CCC(CNS(=O)C4CC4)(CC2)C3)ccc1F. The Morgan fingerprint density at radius 1 is 1.10 bits per heavy atom. The zero-order valence-corrected chi connectivity index (χ0v) is 25.2. The topological polar surface area (TPSA) is 134 Å². The van der Waals surface area contributed by atoms with Crippen molar-refractivity contribution in [3.8, 4) is 0 Å². The Labute approximate surface area is 246 Å². The molecule has 2 aliphatic carbocycles. The van der Waals surface area contributed by atoms with E-state index in [-0.39, 0.29) is 35.7 Å². The molecule has 11 nitrogen and oxygen atoms in total. The highest BCUT2D eigenvalue weighted by Crippen LogP contribution is 2.51. The van der Waals surface area contributed by atoms with Crippen molar-refractivity contribution in [1.82, 2.24) is 29.4 Å². The molecule has 3 amide bonds. The number of aryl methyl sites for hydroxylation is 1. The second-order valence-electron chi connectivity index (χ2n) is 12.1. The molecule has 1 aromatic heterocycles. The Hall–Kier alpha value is -3.45. The molecule has 0 saturated heterocycles. The minimum atomic E-state index is -1.15. The van der Waals surface area contributed by atoms with E-state index in [0.29, 0.717) is 43.4 Å². The van der Waals surface area contributed by atoms with Gasteiger partial charge in [0.05, 0.1) is 11.0 Å². The van der Waals surface area contributed by atoms with Gasteiger partial charge in [-0.25, -0.2) is 18.3 Å². The maximum absolute atomic E-state index is 13.7. The number of carbonyl (C=O) groups is 3. The molecule has 0 radical (unpaired) electrons. The van der Waals surface area contributed by atoms with Gasteiger partial charge in [0.15, 0.2) is 0 Å². The molecule has 13 heteroatoms. The second-order valence-corrected chi connectivity index (χ2v) is 13.6. The predicted octanol–water partition coefficient (Wildman–Crippen LogP) is 1.35. The first-order valence-corrected chi connectivity index (χ1v) is 15.4. The maximum Gasteiger partial charge on any atom is 0.312 e. The van der Waals surface area contributed by atoms with Gasteiger partial charge in [-0.05, 0) is 62.6 Å². The third kappa shape index (κ3) is 5.63. The van der Waals surface area contributed by atoms with Gasteiger partial charge >= 0.3 is 11.8 Å². The van der Waals surface area contributed by atoms with Crippen LogP contribution < -0.4 is 15.6 Å². The lowest BCUT2D eigenvalue weighted by Crippen LogP contribution is -2.55. The van der Waals surface area contributed by atoms with Gasteiger partial charge in [0.2, 0.25) is 0 Å². The smallest absolute Gasteiger partial charge is 0.312 e. The number of fused-ring (bicyclic) bond motifs is 2. The molecule has 2 N–H and O–H groups in total. The Morgan fingerprint density at radius 3 is 2.40 bits per heavy atom. The summed E-state index contributed by atoms with van der Waals surface area (Å²) in [7, 11) is 3.39. The van der Waals surface area contributed by atoms with Crippen LogP contribution in [0.2, 0.25) is 0 Å². The minimum Gasteiger partial charge on any atom is -0.347 e. The fraction of sp³-hybridized carbons (Fsp3) is 0.552. The van der Waals surface area contributed by atoms with Crippen LogP contribution in [0.4, 0.5) is 4.39 Å². The van der Waals surface area contributed by atoms with Gasteiger partial charge in [-0.1, -0.05) is 12.1 Å². The number of nitrogens with zero attached hydrogens (tertiary/aromatic N) is 4. The second kappa shape index (κ2) is 11.3. The van der Waals surface area contributed by atoms with Crippen LogP contribution in [0.3, 0.4) is 0 Å². The number of benzene rings is 1. The molecule has 0 spiro atoms. The highest BCUT2D eigenvalue weighted by atomic mass is 32.2. The molecule has 1 atom stereocenters. The quantitative estimate of drug-likeness (QED) is 0.440. The molecule has 3 heterocycles. The average Bonchev–Trinajstić information content (AvgIpc) is 3.84. The summed E-state index contributed by atoms with van der Waals surface area (Å²) in [6.07, 6.45) is 3.90. The van der Waals surface area contributed by atoms with E-state index >= 15 is 0 Å². The van der Waals surface area contributed by atoms with E-state index in [1.54, 1.807) is 26.1 Å². The maximum atomic E-state index is 13.7. The summed E-state index contributed by atoms with van der Waals surface area (Å²) < 4.78 is 31.0. The molecule has 2 bridgehead atoms. The summed E-state index contributed by atoms with van der Waals surface area (Å²) >= 11 is 0. The number of hydrogen-bond donors (Lipinski definition) is 2. The first kappa shape index (κ1) is 30.0. The first-order valence-electron chi connectivity index (χ1n) is 14.1. The van der Waals surface area contributed by atoms with Crippen LogP contribution in [-0.2, 0) is 39.2 Å². The number of hydrogen-bond acceptors (Lipinski definition) is 6. The van der Waals surface area contributed by atoms with Gasteiger partial charge in [-0.3, -0.25) is 23.7 Å². The van der Waals surface area contributed by atoms with Gasteiger partial charge in [-0.15, -0.1) is 0 Å². The van der Waals surface area contributed by atoms with Crippen molar-refractivity contribution in [3.05, 3.63) is 63.1 Å². The number of amides is 3. The molecule has 2 aliphatic heterocycles. The standard InChI is InChI=1S/C29H37FN6O5S/c1-18-13-19(5-8-21(18)30)15-31-24(38)22-14-23(37)36-17-28(16-32-42(41)20-6-7-20)9-11-29(12-10-28,27(36)33-22)35(4)26(40)25(39)34(2)3/h5,8,13-14,20,32H,6-7,9-12,15-17H2,1-4H3,(H,31,38). The van der Waals surface area contributed by atoms with E-state index in [2.05, 4.69) is 10.0 Å². The Kier molecular flexibility index (Phi) is 8.10. The molecule has 2 fully saturated rings. The van der Waals surface area contributed by atoms with Gasteiger partial charge in [0.1, 0.15) is 22.9 Å². The molecule has 1 aromatic carbocycles. The van der Waals surface area contributed by atoms with E-state index < -0.39 is 45.2 Å². The number of aromatic nitrogens is 2. The third-order valence-corrected chi connectivity index (χ3v) is 10.4. The van der Waals surface area contributed by atoms with Crippen molar-refractivity contribution in [3.63, 3.8) is 0 Å². The number of carbonyl (C=O) groups excluding carboxylic acids is 3. The van der Waals surface area contributed by atoms with Gasteiger partial charge in [0, 0.05) is 57.5 Å². The summed E-state index contributed by atoms with van der Waals surface area (Å²) in [5, 5.41) is 2.91. The average molecular weight is 601 g/mol. The summed E-state index contributed by atoms with van der Waals surface area (Å²) in [5.74, 6) is -2.09. The molecular formula is C29H37FN6O5S. The third-order valence-electron chi connectivity index (χ3n) is 8.92. The molecule has 1 unspecified atom stereocenters. The van der Waals surface area contributed by atoms with Crippen molar-refractivity contribution in [2.24, 2.45) is 5.41 Å². The highest BCUT2D eigenvalue weighted by Gasteiger charge is 2.54. The number of likely N-dealkylation sites (N-methyl/N-ethyl adjacent to an activating group) is 2. The van der Waals surface area contributed by atoms with Crippen LogP contribution in [0.15, 0.2) is 29.1 Å². The van der Waals surface area contributed by atoms with Crippen molar-refractivity contribution in [1.29, 1.82) is 0 Å². The van der Waals surface area contributed by atoms with Crippen molar-refractivity contribution < 1.29 is 23.0 Å². The number of halogens is 1. The van der Waals surface area contributed by atoms with Crippen molar-refractivity contribution in [2.45, 2.75) is 69.3 Å². The van der Waals surface area contributed by atoms with E-state index in [4.69, 9.17) is 4.98 Å². The van der Waals surface area contributed by atoms with Gasteiger partial charge < -0.3 is 15.1 Å². The molecule has 4 aliphatic rings. The van der Waals surface area contributed by atoms with E-state index in [1.807, 2.05) is 0 Å². The Bertz CT molecular complexity index is 1510. The van der Waals surface area contributed by atoms with Crippen LogP contribution >= 0.6 is 0 Å². The minimum absolute atomic E-state index is 0.100. The van der Waals surface area contributed by atoms with Crippen LogP contribution in [0.5, 0.6) is 0 Å². The van der Waals surface area contributed by atoms with Gasteiger partial charge in [0.25, 0.3) is 11.5 Å². The Morgan fingerprint density at radius 2 is 1.79 bits per heavy atom. The summed E-state index contributed by atoms with van der Waals surface area (Å²) in [6.45, 7) is 2.46. The monoisotopic (exact) mass is 600 g/mol. The first-order chi connectivity index (χ1) is 19.9. The van der Waals surface area contributed by atoms with E-state index in [1.165, 1.54) is 40.6 Å². The van der Waals surface area contributed by atoms with E-state index in [9.17, 15) is 27.8 Å². The highest BCUT2D eigenvalue weighted by molar-refractivity contribution is 7.84. The van der Waals surface area contributed by atoms with Crippen molar-refractivity contribution in [2.75, 3.05) is 27.7 Å². The number of rotatable bonds is 8. The molecule has 2 saturated carbocycles. The molecular weight excluding hydrogens is 563 g/mol. The summed E-state index contributed by atoms with van der Waals surface area (Å²) in [6, 6.07) is 5.72. The number of nitrogens with one attached hydrogen (secondary N) is 2. The van der Waals surface area contributed by atoms with Crippen LogP contribution in [-0.4, -0.2) is 74.2 Å². The van der Waals surface area contributed by atoms with E-state index in [0.717, 1.165) is 12.8 Å². The molecule has 226 valence electrons. The molecule has 2 aromatic rings. The van der Waals surface area contributed by atoms with Crippen LogP contribution in [0.25, 0.3) is 0 Å². The summed E-state index contributed by atoms with van der Waals surface area (Å²) in [4.78, 5) is 60.2. The Balaban J connectivity index is 1.50. The fourth-order valence-corrected chi connectivity index (χ4v) is 7.25. The zero-order chi connectivity index (χ0) is 30.4.